The fourth-order valence-electron chi connectivity index (χ4n) is 1.72. The van der Waals surface area contributed by atoms with Crippen LogP contribution in [-0.2, 0) is 11.0 Å². The number of alkyl halides is 3. The molecule has 0 bridgehead atoms. The van der Waals surface area contributed by atoms with Gasteiger partial charge in [0.25, 0.3) is 5.56 Å². The first kappa shape index (κ1) is 17.3. The van der Waals surface area contributed by atoms with Crippen molar-refractivity contribution in [3.8, 4) is 0 Å². The smallest absolute Gasteiger partial charge is 0.333 e. The van der Waals surface area contributed by atoms with E-state index < -0.39 is 29.2 Å². The van der Waals surface area contributed by atoms with Gasteiger partial charge in [-0.3, -0.25) is 4.79 Å². The first-order valence-corrected chi connectivity index (χ1v) is 6.77. The topological polar surface area (TPSA) is 48.3 Å². The van der Waals surface area contributed by atoms with Gasteiger partial charge in [-0.05, 0) is 12.5 Å². The third-order valence-corrected chi connectivity index (χ3v) is 3.04. The van der Waals surface area contributed by atoms with Crippen molar-refractivity contribution in [1.29, 1.82) is 0 Å². The third-order valence-electron chi connectivity index (χ3n) is 3.04. The Morgan fingerprint density at radius 3 is 2.57 bits per heavy atom. The van der Waals surface area contributed by atoms with Crippen LogP contribution in [-0.4, -0.2) is 10.7 Å². The number of carbonyl (C=O) groups excluding carboxylic acids is 1. The number of nitrogens with zero attached hydrogens (tertiary/aromatic N) is 1. The molecule has 0 aliphatic heterocycles. The fourth-order valence-corrected chi connectivity index (χ4v) is 1.72. The van der Waals surface area contributed by atoms with Gasteiger partial charge in [0.1, 0.15) is 0 Å². The summed E-state index contributed by atoms with van der Waals surface area (Å²) in [6.07, 6.45) is -0.327. The molecule has 0 fully saturated rings. The zero-order chi connectivity index (χ0) is 16.0. The lowest BCUT2D eigenvalue weighted by Crippen LogP contribution is -2.33. The van der Waals surface area contributed by atoms with E-state index in [1.54, 1.807) is 6.92 Å². The summed E-state index contributed by atoms with van der Waals surface area (Å²) < 4.78 is 37.7. The molecule has 0 N–H and O–H groups in total. The highest BCUT2D eigenvalue weighted by Gasteiger charge is 2.31. The Morgan fingerprint density at radius 2 is 2.05 bits per heavy atom. The summed E-state index contributed by atoms with van der Waals surface area (Å²) in [6, 6.07) is 1.09. The summed E-state index contributed by atoms with van der Waals surface area (Å²) in [5.74, 6) is -1.04. The highest BCUT2D eigenvalue weighted by Crippen LogP contribution is 2.27. The summed E-state index contributed by atoms with van der Waals surface area (Å²) in [4.78, 5) is 28.0. The van der Waals surface area contributed by atoms with Crippen molar-refractivity contribution in [2.75, 3.05) is 0 Å². The van der Waals surface area contributed by atoms with Crippen LogP contribution in [0.2, 0.25) is 0 Å². The second kappa shape index (κ2) is 7.28. The van der Waals surface area contributed by atoms with Crippen molar-refractivity contribution in [3.63, 3.8) is 0 Å². The highest BCUT2D eigenvalue weighted by atomic mass is 19.4. The van der Waals surface area contributed by atoms with Crippen molar-refractivity contribution in [2.24, 2.45) is 5.92 Å². The molecule has 0 amide bonds. The number of pyridine rings is 1. The summed E-state index contributed by atoms with van der Waals surface area (Å²) in [6.45, 7) is 3.69. The monoisotopic (exact) mass is 305 g/mol. The molecule has 1 heterocycles. The lowest BCUT2D eigenvalue weighted by molar-refractivity contribution is -0.149. The largest absolute Gasteiger partial charge is 0.416 e. The Balaban J connectivity index is 2.71. The number of halogens is 3. The Kier molecular flexibility index (Phi) is 5.99. The van der Waals surface area contributed by atoms with E-state index in [0.29, 0.717) is 23.3 Å². The molecule has 21 heavy (non-hydrogen) atoms. The van der Waals surface area contributed by atoms with E-state index in [-0.39, 0.29) is 0 Å². The molecule has 0 aliphatic carbocycles. The zero-order valence-electron chi connectivity index (χ0n) is 11.9. The third kappa shape index (κ3) is 5.24. The maximum Gasteiger partial charge on any atom is 0.416 e. The van der Waals surface area contributed by atoms with Gasteiger partial charge in [-0.2, -0.15) is 13.2 Å². The highest BCUT2D eigenvalue weighted by molar-refractivity contribution is 5.72. The molecule has 0 aromatic carbocycles. The van der Waals surface area contributed by atoms with Crippen LogP contribution < -0.4 is 10.4 Å². The second-order valence-electron chi connectivity index (χ2n) is 4.88. The molecule has 1 unspecified atom stereocenters. The molecule has 7 heteroatoms. The summed E-state index contributed by atoms with van der Waals surface area (Å²) in [5.41, 5.74) is -2.10. The van der Waals surface area contributed by atoms with E-state index in [1.165, 1.54) is 0 Å². The van der Waals surface area contributed by atoms with Crippen LogP contribution >= 0.6 is 0 Å². The number of carbonyl (C=O) groups is 1. The summed E-state index contributed by atoms with van der Waals surface area (Å²) in [7, 11) is 0. The van der Waals surface area contributed by atoms with Gasteiger partial charge < -0.3 is 4.84 Å². The second-order valence-corrected chi connectivity index (χ2v) is 4.88. The first-order chi connectivity index (χ1) is 9.75. The van der Waals surface area contributed by atoms with Crippen LogP contribution in [0, 0.1) is 5.92 Å². The number of hydrogen-bond acceptors (Lipinski definition) is 3. The predicted molar refractivity (Wildman–Crippen MR) is 70.6 cm³/mol. The van der Waals surface area contributed by atoms with E-state index in [9.17, 15) is 22.8 Å². The molecule has 1 aromatic rings. The molecule has 0 radical (unpaired) electrons. The van der Waals surface area contributed by atoms with E-state index >= 15 is 0 Å². The Labute approximate surface area is 120 Å². The fraction of sp³-hybridized carbons (Fsp3) is 0.571. The zero-order valence-corrected chi connectivity index (χ0v) is 11.9. The minimum Gasteiger partial charge on any atom is -0.333 e. The van der Waals surface area contributed by atoms with Gasteiger partial charge in [-0.15, -0.1) is 4.73 Å². The standard InChI is InChI=1S/C14H18F3NO3/c1-3-4-5-6-10(2)13(20)21-18-8-7-11(9-12(18)19)14(15,16)17/h7-10H,3-6H2,1-2H3. The average Bonchev–Trinajstić information content (AvgIpc) is 2.39. The van der Waals surface area contributed by atoms with Crippen LogP contribution in [0.3, 0.4) is 0 Å². The molecule has 1 atom stereocenters. The normalized spacial score (nSPS) is 13.0. The molecule has 0 aliphatic rings. The van der Waals surface area contributed by atoms with Crippen molar-refractivity contribution in [1.82, 2.24) is 4.73 Å². The van der Waals surface area contributed by atoms with Gasteiger partial charge in [0.05, 0.1) is 11.5 Å². The number of unbranched alkanes of at least 4 members (excludes halogenated alkanes) is 2. The van der Waals surface area contributed by atoms with Crippen molar-refractivity contribution < 1.29 is 22.8 Å². The number of rotatable bonds is 6. The SMILES string of the molecule is CCCCCC(C)C(=O)On1ccc(C(F)(F)F)cc1=O. The predicted octanol–water partition coefficient (Wildman–Crippen LogP) is 3.04. The Morgan fingerprint density at radius 1 is 1.38 bits per heavy atom. The first-order valence-electron chi connectivity index (χ1n) is 6.77. The average molecular weight is 305 g/mol. The molecule has 0 saturated carbocycles. The van der Waals surface area contributed by atoms with Crippen LogP contribution in [0.15, 0.2) is 23.1 Å². The molecule has 4 nitrogen and oxygen atoms in total. The number of hydrogen-bond donors (Lipinski definition) is 0. The molecule has 118 valence electrons. The van der Waals surface area contributed by atoms with Crippen LogP contribution in [0.5, 0.6) is 0 Å². The van der Waals surface area contributed by atoms with Crippen molar-refractivity contribution in [2.45, 2.75) is 45.7 Å². The number of aromatic nitrogens is 1. The Bertz CT molecular complexity index is 537. The quantitative estimate of drug-likeness (QED) is 0.759. The Hall–Kier alpha value is -1.79. The van der Waals surface area contributed by atoms with Gasteiger partial charge in [-0.25, -0.2) is 4.79 Å². The molecule has 0 spiro atoms. The molecular weight excluding hydrogens is 287 g/mol. The molecular formula is C14H18F3NO3. The van der Waals surface area contributed by atoms with Gasteiger partial charge in [0.15, 0.2) is 0 Å². The minimum absolute atomic E-state index is 0.398. The molecule has 0 saturated heterocycles. The van der Waals surface area contributed by atoms with Gasteiger partial charge in [0.2, 0.25) is 0 Å². The maximum absolute atomic E-state index is 12.4. The molecule has 1 rings (SSSR count). The molecule has 1 aromatic heterocycles. The van der Waals surface area contributed by atoms with E-state index in [1.807, 2.05) is 6.92 Å². The minimum atomic E-state index is -4.60. The lowest BCUT2D eigenvalue weighted by atomic mass is 10.0. The van der Waals surface area contributed by atoms with Gasteiger partial charge in [0, 0.05) is 12.3 Å². The van der Waals surface area contributed by atoms with Crippen molar-refractivity contribution in [3.05, 3.63) is 34.2 Å². The maximum atomic E-state index is 12.4. The van der Waals surface area contributed by atoms with Gasteiger partial charge >= 0.3 is 12.1 Å². The van der Waals surface area contributed by atoms with Crippen LogP contribution in [0.4, 0.5) is 13.2 Å². The van der Waals surface area contributed by atoms with Crippen molar-refractivity contribution >= 4 is 5.97 Å². The van der Waals surface area contributed by atoms with E-state index in [2.05, 4.69) is 0 Å². The van der Waals surface area contributed by atoms with Crippen LogP contribution in [0.25, 0.3) is 0 Å². The van der Waals surface area contributed by atoms with E-state index in [4.69, 9.17) is 4.84 Å². The van der Waals surface area contributed by atoms with Crippen LogP contribution in [0.1, 0.15) is 45.1 Å². The van der Waals surface area contributed by atoms with E-state index in [0.717, 1.165) is 25.5 Å². The van der Waals surface area contributed by atoms with Gasteiger partial charge in [-0.1, -0.05) is 33.1 Å². The summed E-state index contributed by atoms with van der Waals surface area (Å²) >= 11 is 0. The summed E-state index contributed by atoms with van der Waals surface area (Å²) in [5, 5.41) is 0. The lowest BCUT2D eigenvalue weighted by Gasteiger charge is -2.12.